The zero-order valence-electron chi connectivity index (χ0n) is 16.0. The van der Waals surface area contributed by atoms with Crippen molar-refractivity contribution < 1.29 is 36.3 Å². The molecule has 0 aliphatic carbocycles. The highest BCUT2D eigenvalue weighted by molar-refractivity contribution is 7.89. The third-order valence-corrected chi connectivity index (χ3v) is 6.63. The third kappa shape index (κ3) is 5.14. The van der Waals surface area contributed by atoms with Crippen molar-refractivity contribution in [3.8, 4) is 0 Å². The van der Waals surface area contributed by atoms with Gasteiger partial charge in [0.2, 0.25) is 10.0 Å². The Kier molecular flexibility index (Phi) is 6.23. The first-order valence-electron chi connectivity index (χ1n) is 9.05. The van der Waals surface area contributed by atoms with E-state index in [1.807, 2.05) is 0 Å². The molecule has 2 N–H and O–H groups in total. The van der Waals surface area contributed by atoms with Crippen molar-refractivity contribution in [2.45, 2.75) is 11.1 Å². The lowest BCUT2D eigenvalue weighted by molar-refractivity contribution is -0.147. The molecule has 0 saturated carbocycles. The quantitative estimate of drug-likeness (QED) is 0.682. The topological polar surface area (TPSA) is 107 Å². The monoisotopic (exact) mass is 457 g/mol. The Labute approximate surface area is 175 Å². The SMILES string of the molecule is O=C(O)C(=O)Nc1ccc(S(=O)(=O)N2CCN(c3cccc(C(F)(F)F)c3)CC2)cc1. The van der Waals surface area contributed by atoms with E-state index in [0.717, 1.165) is 12.1 Å². The predicted molar refractivity (Wildman–Crippen MR) is 105 cm³/mol. The lowest BCUT2D eigenvalue weighted by Gasteiger charge is -2.35. The molecule has 2 aromatic carbocycles. The van der Waals surface area contributed by atoms with Crippen molar-refractivity contribution in [2.75, 3.05) is 36.4 Å². The minimum absolute atomic E-state index is 0.0478. The van der Waals surface area contributed by atoms with Gasteiger partial charge in [-0.05, 0) is 42.5 Å². The summed E-state index contributed by atoms with van der Waals surface area (Å²) in [7, 11) is -3.86. The van der Waals surface area contributed by atoms with Gasteiger partial charge in [0.05, 0.1) is 10.5 Å². The van der Waals surface area contributed by atoms with Gasteiger partial charge >= 0.3 is 18.1 Å². The van der Waals surface area contributed by atoms with Gasteiger partial charge in [-0.25, -0.2) is 13.2 Å². The van der Waals surface area contributed by atoms with Crippen LogP contribution in [0.25, 0.3) is 0 Å². The number of aliphatic carboxylic acids is 1. The van der Waals surface area contributed by atoms with E-state index in [1.165, 1.54) is 34.6 Å². The van der Waals surface area contributed by atoms with Gasteiger partial charge in [-0.15, -0.1) is 0 Å². The van der Waals surface area contributed by atoms with Gasteiger partial charge in [0.15, 0.2) is 0 Å². The highest BCUT2D eigenvalue weighted by Crippen LogP contribution is 2.32. The number of nitrogens with one attached hydrogen (secondary N) is 1. The van der Waals surface area contributed by atoms with Gasteiger partial charge in [-0.3, -0.25) is 4.79 Å². The standard InChI is InChI=1S/C19H18F3N3O5S/c20-19(21,22)13-2-1-3-15(12-13)24-8-10-25(11-9-24)31(29,30)16-6-4-14(5-7-16)23-17(26)18(27)28/h1-7,12H,8-11H2,(H,23,26)(H,27,28). The number of carboxylic acids is 1. The number of amides is 1. The van der Waals surface area contributed by atoms with Crippen LogP contribution in [-0.2, 0) is 25.8 Å². The summed E-state index contributed by atoms with van der Waals surface area (Å²) in [6, 6.07) is 9.90. The molecule has 166 valence electrons. The molecule has 1 heterocycles. The van der Waals surface area contributed by atoms with Gasteiger partial charge in [-0.2, -0.15) is 17.5 Å². The molecule has 12 heteroatoms. The number of rotatable bonds is 4. The van der Waals surface area contributed by atoms with Gasteiger partial charge in [0, 0.05) is 37.6 Å². The van der Waals surface area contributed by atoms with Crippen LogP contribution >= 0.6 is 0 Å². The molecule has 1 aliphatic rings. The van der Waals surface area contributed by atoms with Crippen LogP contribution in [0.5, 0.6) is 0 Å². The number of alkyl halides is 3. The molecule has 1 aliphatic heterocycles. The zero-order chi connectivity index (χ0) is 22.8. The maximum atomic E-state index is 12.9. The first-order chi connectivity index (χ1) is 14.5. The van der Waals surface area contributed by atoms with Gasteiger partial charge in [0.1, 0.15) is 0 Å². The first kappa shape index (κ1) is 22.6. The van der Waals surface area contributed by atoms with E-state index in [4.69, 9.17) is 5.11 Å². The van der Waals surface area contributed by atoms with Crippen molar-refractivity contribution in [1.82, 2.24) is 4.31 Å². The van der Waals surface area contributed by atoms with Crippen LogP contribution in [0.4, 0.5) is 24.5 Å². The highest BCUT2D eigenvalue weighted by Gasteiger charge is 2.32. The molecule has 31 heavy (non-hydrogen) atoms. The van der Waals surface area contributed by atoms with Crippen LogP contribution in [-0.4, -0.2) is 55.9 Å². The number of benzene rings is 2. The summed E-state index contributed by atoms with van der Waals surface area (Å²) in [4.78, 5) is 23.4. The second-order valence-corrected chi connectivity index (χ2v) is 8.66. The van der Waals surface area contributed by atoms with Gasteiger partial charge < -0.3 is 15.3 Å². The van der Waals surface area contributed by atoms with E-state index in [2.05, 4.69) is 5.32 Å². The van der Waals surface area contributed by atoms with Crippen molar-refractivity contribution >= 4 is 33.3 Å². The molecule has 1 amide bonds. The maximum absolute atomic E-state index is 12.9. The summed E-state index contributed by atoms with van der Waals surface area (Å²) >= 11 is 0. The summed E-state index contributed by atoms with van der Waals surface area (Å²) in [5.74, 6) is -2.92. The van der Waals surface area contributed by atoms with E-state index >= 15 is 0 Å². The minimum atomic E-state index is -4.46. The molecule has 0 aromatic heterocycles. The smallest absolute Gasteiger partial charge is 0.416 e. The number of carbonyl (C=O) groups excluding carboxylic acids is 1. The van der Waals surface area contributed by atoms with Crippen LogP contribution in [0.2, 0.25) is 0 Å². The maximum Gasteiger partial charge on any atom is 0.416 e. The molecule has 3 rings (SSSR count). The van der Waals surface area contributed by atoms with Crippen LogP contribution in [0.1, 0.15) is 5.56 Å². The van der Waals surface area contributed by atoms with Crippen molar-refractivity contribution in [1.29, 1.82) is 0 Å². The molecule has 0 radical (unpaired) electrons. The number of hydrogen-bond acceptors (Lipinski definition) is 5. The fourth-order valence-electron chi connectivity index (χ4n) is 3.11. The van der Waals surface area contributed by atoms with Crippen molar-refractivity contribution in [3.05, 3.63) is 54.1 Å². The molecule has 2 aromatic rings. The summed E-state index contributed by atoms with van der Waals surface area (Å²) < 4.78 is 65.7. The van der Waals surface area contributed by atoms with Gasteiger partial charge in [0.25, 0.3) is 0 Å². The summed E-state index contributed by atoms with van der Waals surface area (Å²) in [5, 5.41) is 10.7. The summed E-state index contributed by atoms with van der Waals surface area (Å²) in [6.45, 7) is 0.590. The van der Waals surface area contributed by atoms with E-state index in [1.54, 1.807) is 11.0 Å². The molecule has 0 atom stereocenters. The zero-order valence-corrected chi connectivity index (χ0v) is 16.8. The second kappa shape index (κ2) is 8.55. The molecule has 1 fully saturated rings. The molecule has 0 bridgehead atoms. The van der Waals surface area contributed by atoms with Gasteiger partial charge in [-0.1, -0.05) is 6.07 Å². The minimum Gasteiger partial charge on any atom is -0.474 e. The van der Waals surface area contributed by atoms with E-state index in [9.17, 15) is 31.2 Å². The van der Waals surface area contributed by atoms with Crippen molar-refractivity contribution in [2.24, 2.45) is 0 Å². The number of hydrogen-bond donors (Lipinski definition) is 2. The van der Waals surface area contributed by atoms with Crippen LogP contribution < -0.4 is 10.2 Å². The molecule has 1 saturated heterocycles. The number of anilines is 2. The van der Waals surface area contributed by atoms with E-state index in [-0.39, 0.29) is 36.8 Å². The lowest BCUT2D eigenvalue weighted by Crippen LogP contribution is -2.48. The summed E-state index contributed by atoms with van der Waals surface area (Å²) in [6.07, 6.45) is -4.46. The molecular formula is C19H18F3N3O5S. The predicted octanol–water partition coefficient (Wildman–Crippen LogP) is 2.24. The lowest BCUT2D eigenvalue weighted by atomic mass is 10.1. The average Bonchev–Trinajstić information content (AvgIpc) is 2.73. The normalized spacial score (nSPS) is 15.5. The number of sulfonamides is 1. The number of piperazine rings is 1. The first-order valence-corrected chi connectivity index (χ1v) is 10.5. The Bertz CT molecular complexity index is 1080. The highest BCUT2D eigenvalue weighted by atomic mass is 32.2. The van der Waals surface area contributed by atoms with E-state index in [0.29, 0.717) is 5.69 Å². The Balaban J connectivity index is 1.67. The van der Waals surface area contributed by atoms with Crippen LogP contribution in [0.15, 0.2) is 53.4 Å². The molecule has 0 unspecified atom stereocenters. The number of carbonyl (C=O) groups is 2. The Morgan fingerprint density at radius 1 is 0.968 bits per heavy atom. The Morgan fingerprint density at radius 3 is 2.13 bits per heavy atom. The molecule has 8 nitrogen and oxygen atoms in total. The Hall–Kier alpha value is -3.12. The molecular weight excluding hydrogens is 439 g/mol. The number of nitrogens with zero attached hydrogens (tertiary/aromatic N) is 2. The molecule has 0 spiro atoms. The van der Waals surface area contributed by atoms with Crippen LogP contribution in [0.3, 0.4) is 0 Å². The number of carboxylic acid groups (broad SMARTS) is 1. The number of halogens is 3. The fraction of sp³-hybridized carbons (Fsp3) is 0.263. The second-order valence-electron chi connectivity index (χ2n) is 6.72. The van der Waals surface area contributed by atoms with E-state index < -0.39 is 33.6 Å². The van der Waals surface area contributed by atoms with Crippen LogP contribution in [0, 0.1) is 0 Å². The average molecular weight is 457 g/mol. The third-order valence-electron chi connectivity index (χ3n) is 4.72. The Morgan fingerprint density at radius 2 is 1.58 bits per heavy atom. The summed E-state index contributed by atoms with van der Waals surface area (Å²) in [5.41, 5.74) is -0.277. The van der Waals surface area contributed by atoms with Crippen molar-refractivity contribution in [3.63, 3.8) is 0 Å². The fourth-order valence-corrected chi connectivity index (χ4v) is 4.53. The largest absolute Gasteiger partial charge is 0.474 e.